The fourth-order valence-electron chi connectivity index (χ4n) is 4.43. The van der Waals surface area contributed by atoms with Gasteiger partial charge in [-0.15, -0.1) is 0 Å². The van der Waals surface area contributed by atoms with Crippen LogP contribution in [0.2, 0.25) is 0 Å². The van der Waals surface area contributed by atoms with E-state index in [1.165, 1.54) is 64.2 Å². The molecule has 0 radical (unpaired) electrons. The van der Waals surface area contributed by atoms with Crippen LogP contribution in [0.5, 0.6) is 0 Å². The van der Waals surface area contributed by atoms with Crippen molar-refractivity contribution in [3.05, 3.63) is 0 Å². The predicted molar refractivity (Wildman–Crippen MR) is 107 cm³/mol. The molecule has 2 saturated carbocycles. The second-order valence-corrected chi connectivity index (χ2v) is 20.9. The molecule has 0 N–H and O–H groups in total. The molecule has 2 rings (SSSR count). The van der Waals surface area contributed by atoms with E-state index in [4.69, 9.17) is 4.74 Å². The molecule has 4 heteroatoms. The quantitative estimate of drug-likeness (QED) is 0.341. The number of halogens is 1. The second kappa shape index (κ2) is 7.68. The van der Waals surface area contributed by atoms with Crippen molar-refractivity contribution in [1.29, 1.82) is 0 Å². The first-order chi connectivity index (χ1) is 10.4. The summed E-state index contributed by atoms with van der Waals surface area (Å²) in [6.45, 7) is 7.23. The number of rotatable bonds is 5. The molecule has 130 valence electrons. The average Bonchev–Trinajstić information content (AvgIpc) is 2.54. The van der Waals surface area contributed by atoms with E-state index in [9.17, 15) is 4.79 Å². The van der Waals surface area contributed by atoms with Crippen molar-refractivity contribution in [2.45, 2.75) is 89.4 Å². The molecule has 2 nitrogen and oxygen atoms in total. The summed E-state index contributed by atoms with van der Waals surface area (Å²) in [5.41, 5.74) is 1.44. The molecule has 0 aromatic heterocycles. The maximum absolute atomic E-state index is 13.3. The summed E-state index contributed by atoms with van der Waals surface area (Å²) in [5, 5.41) is 0. The summed E-state index contributed by atoms with van der Waals surface area (Å²) >= 11 is 2.68. The molecule has 0 aromatic carbocycles. The molecule has 0 spiro atoms. The van der Waals surface area contributed by atoms with E-state index >= 15 is 0 Å². The minimum absolute atomic E-state index is 0.208. The van der Waals surface area contributed by atoms with Crippen molar-refractivity contribution < 1.29 is 9.53 Å². The van der Waals surface area contributed by atoms with Crippen molar-refractivity contribution in [3.8, 4) is 0 Å². The normalized spacial score (nSPS) is 24.0. The van der Waals surface area contributed by atoms with Gasteiger partial charge in [-0.25, -0.2) is 0 Å². The van der Waals surface area contributed by atoms with E-state index in [1.807, 2.05) is 0 Å². The van der Waals surface area contributed by atoms with E-state index in [0.717, 1.165) is 0 Å². The molecule has 2 aliphatic rings. The zero-order chi connectivity index (χ0) is 16.2. The molecule has 2 fully saturated rings. The Kier molecular flexibility index (Phi) is 6.62. The van der Waals surface area contributed by atoms with Crippen LogP contribution < -0.4 is 0 Å². The van der Waals surface area contributed by atoms with Crippen molar-refractivity contribution >= 4 is 32.0 Å². The van der Waals surface area contributed by atoms with Gasteiger partial charge in [-0.1, -0.05) is 0 Å². The Morgan fingerprint density at radius 1 is 1.00 bits per heavy atom. The molecule has 0 saturated heterocycles. The Morgan fingerprint density at radius 3 is 1.77 bits per heavy atom. The van der Waals surface area contributed by atoms with Crippen LogP contribution in [0, 0.1) is 5.92 Å². The van der Waals surface area contributed by atoms with Crippen molar-refractivity contribution in [3.63, 3.8) is 0 Å². The number of hydrogen-bond donors (Lipinski definition) is 0. The fourth-order valence-corrected chi connectivity index (χ4v) is 13.0. The number of carbonyl (C=O) groups excluding carboxylic acids is 1. The Hall–Kier alpha value is 0.630. The van der Waals surface area contributed by atoms with Gasteiger partial charge in [0.05, 0.1) is 0 Å². The van der Waals surface area contributed by atoms with Gasteiger partial charge >= 0.3 is 150 Å². The second-order valence-electron chi connectivity index (χ2n) is 8.15. The van der Waals surface area contributed by atoms with Crippen LogP contribution in [-0.4, -0.2) is 30.3 Å². The molecule has 0 heterocycles. The van der Waals surface area contributed by atoms with Crippen LogP contribution in [0.3, 0.4) is 0 Å². The molecule has 0 unspecified atom stereocenters. The number of hydrogen-bond acceptors (Lipinski definition) is 2. The molecule has 0 bridgehead atoms. The fraction of sp³-hybridized carbons (Fsp3) is 0.944. The molecular weight excluding hydrogens is 406 g/mol. The van der Waals surface area contributed by atoms with Gasteiger partial charge in [0, 0.05) is 0 Å². The van der Waals surface area contributed by atoms with Gasteiger partial charge in [-0.3, -0.25) is 0 Å². The monoisotopic (exact) mass is 440 g/mol. The van der Waals surface area contributed by atoms with Crippen LogP contribution in [0.4, 0.5) is 4.79 Å². The summed E-state index contributed by atoms with van der Waals surface area (Å²) in [7, 11) is 0. The third kappa shape index (κ3) is 3.82. The summed E-state index contributed by atoms with van der Waals surface area (Å²) < 4.78 is 3.38. The summed E-state index contributed by atoms with van der Waals surface area (Å²) in [4.78, 5) is 13.3. The van der Waals surface area contributed by atoms with Crippen LogP contribution in [0.25, 0.3) is 0 Å². The Bertz CT molecular complexity index is 361. The third-order valence-electron chi connectivity index (χ3n) is 5.95. The standard InChI is InChI=1S/C18H34IO2P/c1-15(2)14-21-18(20)22(3,19,16-10-6-4-7-11-16)17-12-8-5-9-13-17/h15-17H,4-14H2,1-3H3. The van der Waals surface area contributed by atoms with Gasteiger partial charge in [0.25, 0.3) is 0 Å². The first-order valence-electron chi connectivity index (χ1n) is 9.25. The van der Waals surface area contributed by atoms with Crippen LogP contribution in [-0.2, 0) is 4.74 Å². The molecule has 22 heavy (non-hydrogen) atoms. The zero-order valence-electron chi connectivity index (χ0n) is 14.7. The van der Waals surface area contributed by atoms with Crippen molar-refractivity contribution in [2.75, 3.05) is 13.3 Å². The van der Waals surface area contributed by atoms with E-state index in [-0.39, 0.29) is 5.71 Å². The Labute approximate surface area is 149 Å². The molecule has 0 aliphatic heterocycles. The Morgan fingerprint density at radius 2 is 1.41 bits per heavy atom. The molecule has 0 amide bonds. The van der Waals surface area contributed by atoms with E-state index in [0.29, 0.717) is 23.8 Å². The SMILES string of the molecule is CC(C)COC(=O)P(C)(I)(C1CCCCC1)C1CCCCC1. The van der Waals surface area contributed by atoms with E-state index < -0.39 is 4.25 Å². The summed E-state index contributed by atoms with van der Waals surface area (Å²) in [6.07, 6.45) is 13.0. The average molecular weight is 440 g/mol. The van der Waals surface area contributed by atoms with E-state index in [1.54, 1.807) is 0 Å². The van der Waals surface area contributed by atoms with Gasteiger partial charge in [0.15, 0.2) is 0 Å². The van der Waals surface area contributed by atoms with Crippen LogP contribution in [0.1, 0.15) is 78.1 Å². The van der Waals surface area contributed by atoms with Crippen LogP contribution in [0.15, 0.2) is 0 Å². The van der Waals surface area contributed by atoms with Crippen molar-refractivity contribution in [1.82, 2.24) is 0 Å². The summed E-state index contributed by atoms with van der Waals surface area (Å²) in [5.74, 6) is 0.429. The molecule has 0 atom stereocenters. The van der Waals surface area contributed by atoms with Gasteiger partial charge in [-0.2, -0.15) is 0 Å². The minimum atomic E-state index is -2.51. The van der Waals surface area contributed by atoms with Gasteiger partial charge in [-0.05, 0) is 0 Å². The number of carbonyl (C=O) groups is 1. The molecule has 0 aromatic rings. The van der Waals surface area contributed by atoms with Gasteiger partial charge in [0.1, 0.15) is 0 Å². The maximum atomic E-state index is 13.3. The Balaban J connectivity index is 2.26. The van der Waals surface area contributed by atoms with Gasteiger partial charge < -0.3 is 0 Å². The van der Waals surface area contributed by atoms with Gasteiger partial charge in [0.2, 0.25) is 0 Å². The summed E-state index contributed by atoms with van der Waals surface area (Å²) in [6, 6.07) is 0. The predicted octanol–water partition coefficient (Wildman–Crippen LogP) is 6.98. The first kappa shape index (κ1) is 19.0. The first-order valence-corrected chi connectivity index (χ1v) is 14.9. The van der Waals surface area contributed by atoms with Crippen molar-refractivity contribution in [2.24, 2.45) is 5.92 Å². The van der Waals surface area contributed by atoms with Crippen LogP contribution >= 0.6 is 26.3 Å². The third-order valence-corrected chi connectivity index (χ3v) is 17.5. The zero-order valence-corrected chi connectivity index (χ0v) is 17.7. The molecule has 2 aliphatic carbocycles. The number of ether oxygens (including phenoxy) is 1. The molecular formula is C18H34IO2P. The topological polar surface area (TPSA) is 26.3 Å². The van der Waals surface area contributed by atoms with E-state index in [2.05, 4.69) is 42.6 Å².